The zero-order chi connectivity index (χ0) is 10.7. The van der Waals surface area contributed by atoms with E-state index in [1.807, 2.05) is 6.92 Å². The number of phenolic OH excluding ortho intramolecular Hbond substituents is 2. The summed E-state index contributed by atoms with van der Waals surface area (Å²) in [5, 5.41) is 18.9. The van der Waals surface area contributed by atoms with E-state index in [1.54, 1.807) is 6.92 Å². The Morgan fingerprint density at radius 2 is 2.00 bits per heavy atom. The Balaban J connectivity index is 3.11. The summed E-state index contributed by atoms with van der Waals surface area (Å²) in [6, 6.07) is 2.88. The van der Waals surface area contributed by atoms with Crippen molar-refractivity contribution in [3.63, 3.8) is 0 Å². The smallest absolute Gasteiger partial charge is 0.166 e. The Morgan fingerprint density at radius 1 is 1.36 bits per heavy atom. The first-order valence-electron chi connectivity index (χ1n) is 4.62. The van der Waals surface area contributed by atoms with Gasteiger partial charge in [0.15, 0.2) is 5.78 Å². The fourth-order valence-electron chi connectivity index (χ4n) is 1.28. The summed E-state index contributed by atoms with van der Waals surface area (Å²) >= 11 is 0. The van der Waals surface area contributed by atoms with Crippen LogP contribution in [0.15, 0.2) is 12.1 Å². The lowest BCUT2D eigenvalue weighted by Gasteiger charge is -2.06. The number of ketones is 1. The second-order valence-electron chi connectivity index (χ2n) is 3.28. The first kappa shape index (κ1) is 10.6. The Kier molecular flexibility index (Phi) is 3.12. The van der Waals surface area contributed by atoms with Crippen LogP contribution in [0.5, 0.6) is 11.5 Å². The van der Waals surface area contributed by atoms with Gasteiger partial charge in [0, 0.05) is 12.0 Å². The van der Waals surface area contributed by atoms with E-state index in [-0.39, 0.29) is 17.3 Å². The summed E-state index contributed by atoms with van der Waals surface area (Å²) in [6.07, 6.45) is 1.16. The van der Waals surface area contributed by atoms with E-state index in [0.29, 0.717) is 17.5 Å². The molecule has 0 saturated heterocycles. The lowest BCUT2D eigenvalue weighted by molar-refractivity contribution is 0.0979. The molecule has 0 spiro atoms. The Hall–Kier alpha value is -1.51. The summed E-state index contributed by atoms with van der Waals surface area (Å²) in [6.45, 7) is 3.48. The van der Waals surface area contributed by atoms with Crippen molar-refractivity contribution in [1.82, 2.24) is 0 Å². The first-order chi connectivity index (χ1) is 6.57. The van der Waals surface area contributed by atoms with E-state index in [4.69, 9.17) is 0 Å². The van der Waals surface area contributed by atoms with Gasteiger partial charge < -0.3 is 10.2 Å². The standard InChI is InChI=1S/C11H14O3/c1-3-4-10(13)8-5-6-9(12)7(2)11(8)14/h5-6,12,14H,3-4H2,1-2H3. The third-order valence-electron chi connectivity index (χ3n) is 2.18. The van der Waals surface area contributed by atoms with Gasteiger partial charge in [-0.1, -0.05) is 6.92 Å². The highest BCUT2D eigenvalue weighted by Gasteiger charge is 2.13. The lowest BCUT2D eigenvalue weighted by atomic mass is 10.0. The number of benzene rings is 1. The van der Waals surface area contributed by atoms with E-state index in [0.717, 1.165) is 6.42 Å². The molecule has 0 aliphatic carbocycles. The molecule has 0 fully saturated rings. The van der Waals surface area contributed by atoms with Crippen molar-refractivity contribution < 1.29 is 15.0 Å². The van der Waals surface area contributed by atoms with Crippen LogP contribution in [0.2, 0.25) is 0 Å². The van der Waals surface area contributed by atoms with Gasteiger partial charge in [-0.25, -0.2) is 0 Å². The van der Waals surface area contributed by atoms with Gasteiger partial charge in [-0.2, -0.15) is 0 Å². The molecule has 1 aromatic carbocycles. The molecule has 0 saturated carbocycles. The molecule has 3 heteroatoms. The molecule has 0 atom stereocenters. The molecule has 14 heavy (non-hydrogen) atoms. The van der Waals surface area contributed by atoms with Gasteiger partial charge in [-0.15, -0.1) is 0 Å². The minimum absolute atomic E-state index is 0.00977. The number of carbonyl (C=O) groups is 1. The van der Waals surface area contributed by atoms with Crippen molar-refractivity contribution in [1.29, 1.82) is 0 Å². The van der Waals surface area contributed by atoms with Crippen LogP contribution in [-0.2, 0) is 0 Å². The first-order valence-corrected chi connectivity index (χ1v) is 4.62. The van der Waals surface area contributed by atoms with Crippen LogP contribution in [-0.4, -0.2) is 16.0 Å². The number of Topliss-reactive ketones (excluding diaryl/α,β-unsaturated/α-hetero) is 1. The molecule has 0 bridgehead atoms. The molecule has 1 rings (SSSR count). The number of carbonyl (C=O) groups excluding carboxylic acids is 1. The molecular weight excluding hydrogens is 180 g/mol. The monoisotopic (exact) mass is 194 g/mol. The molecule has 3 nitrogen and oxygen atoms in total. The van der Waals surface area contributed by atoms with Gasteiger partial charge >= 0.3 is 0 Å². The van der Waals surface area contributed by atoms with Crippen LogP contribution in [0.4, 0.5) is 0 Å². The van der Waals surface area contributed by atoms with Crippen molar-refractivity contribution >= 4 is 5.78 Å². The van der Waals surface area contributed by atoms with Crippen molar-refractivity contribution in [2.24, 2.45) is 0 Å². The summed E-state index contributed by atoms with van der Waals surface area (Å²) < 4.78 is 0. The summed E-state index contributed by atoms with van der Waals surface area (Å²) in [4.78, 5) is 11.5. The normalized spacial score (nSPS) is 10.1. The zero-order valence-corrected chi connectivity index (χ0v) is 8.37. The van der Waals surface area contributed by atoms with Gasteiger partial charge in [-0.05, 0) is 25.5 Å². The lowest BCUT2D eigenvalue weighted by Crippen LogP contribution is -1.99. The van der Waals surface area contributed by atoms with Crippen LogP contribution in [0.25, 0.3) is 0 Å². The average Bonchev–Trinajstić information content (AvgIpc) is 2.15. The maximum Gasteiger partial charge on any atom is 0.166 e. The largest absolute Gasteiger partial charge is 0.508 e. The van der Waals surface area contributed by atoms with Crippen LogP contribution in [0.3, 0.4) is 0 Å². The van der Waals surface area contributed by atoms with Crippen molar-refractivity contribution in [3.8, 4) is 11.5 Å². The van der Waals surface area contributed by atoms with Crippen molar-refractivity contribution in [2.75, 3.05) is 0 Å². The van der Waals surface area contributed by atoms with E-state index < -0.39 is 0 Å². The molecule has 0 radical (unpaired) electrons. The number of rotatable bonds is 3. The third-order valence-corrected chi connectivity index (χ3v) is 2.18. The van der Waals surface area contributed by atoms with Crippen molar-refractivity contribution in [3.05, 3.63) is 23.3 Å². The highest BCUT2D eigenvalue weighted by Crippen LogP contribution is 2.30. The Morgan fingerprint density at radius 3 is 2.57 bits per heavy atom. The molecule has 0 unspecified atom stereocenters. The van der Waals surface area contributed by atoms with Crippen LogP contribution in [0.1, 0.15) is 35.7 Å². The summed E-state index contributed by atoms with van der Waals surface area (Å²) in [5.74, 6) is -0.188. The van der Waals surface area contributed by atoms with Gasteiger partial charge in [0.2, 0.25) is 0 Å². The SMILES string of the molecule is CCCC(=O)c1ccc(O)c(C)c1O. The number of hydrogen-bond acceptors (Lipinski definition) is 3. The maximum atomic E-state index is 11.5. The minimum atomic E-state index is -0.108. The van der Waals surface area contributed by atoms with Gasteiger partial charge in [0.1, 0.15) is 11.5 Å². The molecular formula is C11H14O3. The molecule has 0 aliphatic heterocycles. The van der Waals surface area contributed by atoms with E-state index in [1.165, 1.54) is 12.1 Å². The molecule has 0 heterocycles. The number of aromatic hydroxyl groups is 2. The van der Waals surface area contributed by atoms with E-state index in [9.17, 15) is 15.0 Å². The van der Waals surface area contributed by atoms with Crippen LogP contribution < -0.4 is 0 Å². The van der Waals surface area contributed by atoms with E-state index in [2.05, 4.69) is 0 Å². The van der Waals surface area contributed by atoms with Gasteiger partial charge in [0.25, 0.3) is 0 Å². The Labute approximate surface area is 83.0 Å². The zero-order valence-electron chi connectivity index (χ0n) is 8.37. The maximum absolute atomic E-state index is 11.5. The molecule has 0 aromatic heterocycles. The topological polar surface area (TPSA) is 57.5 Å². The fraction of sp³-hybridized carbons (Fsp3) is 0.364. The predicted octanol–water partition coefficient (Wildman–Crippen LogP) is 2.39. The molecule has 76 valence electrons. The molecule has 2 N–H and O–H groups in total. The van der Waals surface area contributed by atoms with Crippen molar-refractivity contribution in [2.45, 2.75) is 26.7 Å². The summed E-state index contributed by atoms with van der Waals surface area (Å²) in [7, 11) is 0. The van der Waals surface area contributed by atoms with Crippen LogP contribution in [0, 0.1) is 6.92 Å². The Bertz CT molecular complexity index is 356. The predicted molar refractivity (Wildman–Crippen MR) is 53.7 cm³/mol. The molecule has 1 aromatic rings. The van der Waals surface area contributed by atoms with Gasteiger partial charge in [-0.3, -0.25) is 4.79 Å². The average molecular weight is 194 g/mol. The van der Waals surface area contributed by atoms with E-state index >= 15 is 0 Å². The second-order valence-corrected chi connectivity index (χ2v) is 3.28. The quantitative estimate of drug-likeness (QED) is 0.726. The molecule has 0 amide bonds. The third kappa shape index (κ3) is 1.87. The fourth-order valence-corrected chi connectivity index (χ4v) is 1.28. The number of phenols is 2. The highest BCUT2D eigenvalue weighted by molar-refractivity contribution is 5.99. The highest BCUT2D eigenvalue weighted by atomic mass is 16.3. The molecule has 0 aliphatic rings. The van der Waals surface area contributed by atoms with Gasteiger partial charge in [0.05, 0.1) is 5.56 Å². The number of hydrogen-bond donors (Lipinski definition) is 2. The minimum Gasteiger partial charge on any atom is -0.508 e. The summed E-state index contributed by atoms with van der Waals surface area (Å²) in [5.41, 5.74) is 0.647. The second kappa shape index (κ2) is 4.13. The van der Waals surface area contributed by atoms with Crippen LogP contribution >= 0.6 is 0 Å².